The van der Waals surface area contributed by atoms with Crippen molar-refractivity contribution in [1.29, 1.82) is 0 Å². The van der Waals surface area contributed by atoms with Gasteiger partial charge in [-0.3, -0.25) is 0 Å². The highest BCUT2D eigenvalue weighted by Gasteiger charge is 2.19. The molecular weight excluding hydrogens is 264 g/mol. The van der Waals surface area contributed by atoms with E-state index in [4.69, 9.17) is 5.84 Å². The van der Waals surface area contributed by atoms with Gasteiger partial charge in [-0.2, -0.15) is 0 Å². The van der Waals surface area contributed by atoms with Crippen molar-refractivity contribution < 1.29 is 0 Å². The molecule has 0 aliphatic carbocycles. The predicted octanol–water partition coefficient (Wildman–Crippen LogP) is 2.20. The standard InChI is InChI=1S/C15H30N6/c1-7-21(8-2)10-11(3)17-12-9-13(20-16)19-14(18-12)15(4,5)6/h9,11H,7-8,10,16H2,1-6H3,(H2,17,18,19,20). The van der Waals surface area contributed by atoms with Gasteiger partial charge in [0.05, 0.1) is 0 Å². The molecule has 0 aromatic carbocycles. The van der Waals surface area contributed by atoms with E-state index in [1.807, 2.05) is 6.07 Å². The van der Waals surface area contributed by atoms with Gasteiger partial charge in [0.25, 0.3) is 0 Å². The lowest BCUT2D eigenvalue weighted by Gasteiger charge is -2.25. The zero-order chi connectivity index (χ0) is 16.0. The molecule has 0 saturated carbocycles. The second kappa shape index (κ2) is 7.56. The second-order valence-electron chi connectivity index (χ2n) is 6.39. The van der Waals surface area contributed by atoms with E-state index in [1.54, 1.807) is 0 Å². The van der Waals surface area contributed by atoms with Crippen LogP contribution in [0.25, 0.3) is 0 Å². The molecule has 1 atom stereocenters. The van der Waals surface area contributed by atoms with Gasteiger partial charge in [0, 0.05) is 24.1 Å². The summed E-state index contributed by atoms with van der Waals surface area (Å²) in [5, 5.41) is 3.44. The molecule has 0 saturated heterocycles. The average molecular weight is 294 g/mol. The molecular formula is C15H30N6. The van der Waals surface area contributed by atoms with Crippen LogP contribution in [0.5, 0.6) is 0 Å². The Balaban J connectivity index is 2.87. The molecule has 0 fully saturated rings. The monoisotopic (exact) mass is 294 g/mol. The van der Waals surface area contributed by atoms with E-state index >= 15 is 0 Å². The van der Waals surface area contributed by atoms with E-state index in [1.165, 1.54) is 0 Å². The summed E-state index contributed by atoms with van der Waals surface area (Å²) in [4.78, 5) is 11.4. The van der Waals surface area contributed by atoms with E-state index in [2.05, 4.69) is 67.2 Å². The number of anilines is 2. The highest BCUT2D eigenvalue weighted by Crippen LogP contribution is 2.22. The Kier molecular flexibility index (Phi) is 6.36. The molecule has 0 amide bonds. The molecule has 0 aliphatic rings. The van der Waals surface area contributed by atoms with Gasteiger partial charge in [-0.15, -0.1) is 0 Å². The van der Waals surface area contributed by atoms with Gasteiger partial charge in [-0.25, -0.2) is 15.8 Å². The van der Waals surface area contributed by atoms with Gasteiger partial charge < -0.3 is 15.6 Å². The van der Waals surface area contributed by atoms with Gasteiger partial charge >= 0.3 is 0 Å². The third kappa shape index (κ3) is 5.47. The van der Waals surface area contributed by atoms with Crippen LogP contribution >= 0.6 is 0 Å². The maximum atomic E-state index is 5.51. The topological polar surface area (TPSA) is 79.1 Å². The van der Waals surface area contributed by atoms with E-state index in [0.717, 1.165) is 31.3 Å². The van der Waals surface area contributed by atoms with Crippen LogP contribution in [0.2, 0.25) is 0 Å². The largest absolute Gasteiger partial charge is 0.366 e. The van der Waals surface area contributed by atoms with Gasteiger partial charge in [0.1, 0.15) is 17.5 Å². The van der Waals surface area contributed by atoms with Crippen LogP contribution in [-0.2, 0) is 5.41 Å². The van der Waals surface area contributed by atoms with Crippen molar-refractivity contribution >= 4 is 11.6 Å². The molecule has 1 rings (SSSR count). The fraction of sp³-hybridized carbons (Fsp3) is 0.733. The molecule has 1 aromatic heterocycles. The van der Waals surface area contributed by atoms with Crippen molar-refractivity contribution in [3.63, 3.8) is 0 Å². The Hall–Kier alpha value is -1.40. The summed E-state index contributed by atoms with van der Waals surface area (Å²) in [6, 6.07) is 2.15. The number of hydrazine groups is 1. The van der Waals surface area contributed by atoms with Crippen molar-refractivity contribution in [1.82, 2.24) is 14.9 Å². The number of nitrogen functional groups attached to an aromatic ring is 1. The molecule has 1 aromatic rings. The molecule has 0 spiro atoms. The van der Waals surface area contributed by atoms with Gasteiger partial charge in [0.15, 0.2) is 0 Å². The van der Waals surface area contributed by atoms with Crippen LogP contribution < -0.4 is 16.6 Å². The molecule has 4 N–H and O–H groups in total. The first kappa shape index (κ1) is 17.7. The smallest absolute Gasteiger partial charge is 0.145 e. The Morgan fingerprint density at radius 2 is 1.76 bits per heavy atom. The summed E-state index contributed by atoms with van der Waals surface area (Å²) in [5.41, 5.74) is 2.50. The summed E-state index contributed by atoms with van der Waals surface area (Å²) in [6.45, 7) is 15.9. The summed E-state index contributed by atoms with van der Waals surface area (Å²) in [5.74, 6) is 7.72. The molecule has 0 bridgehead atoms. The predicted molar refractivity (Wildman–Crippen MR) is 89.4 cm³/mol. The van der Waals surface area contributed by atoms with Crippen molar-refractivity contribution in [3.8, 4) is 0 Å². The van der Waals surface area contributed by atoms with Crippen LogP contribution in [-0.4, -0.2) is 40.5 Å². The molecule has 6 heteroatoms. The molecule has 0 radical (unpaired) electrons. The molecule has 21 heavy (non-hydrogen) atoms. The van der Waals surface area contributed by atoms with Crippen LogP contribution in [0.4, 0.5) is 11.6 Å². The van der Waals surface area contributed by atoms with Crippen molar-refractivity contribution in [2.75, 3.05) is 30.4 Å². The van der Waals surface area contributed by atoms with Crippen LogP contribution in [0.3, 0.4) is 0 Å². The van der Waals surface area contributed by atoms with E-state index < -0.39 is 0 Å². The SMILES string of the molecule is CCN(CC)CC(C)Nc1cc(NN)nc(C(C)(C)C)n1. The minimum Gasteiger partial charge on any atom is -0.366 e. The summed E-state index contributed by atoms with van der Waals surface area (Å²) in [6.07, 6.45) is 0. The average Bonchev–Trinajstić information content (AvgIpc) is 2.43. The molecule has 6 nitrogen and oxygen atoms in total. The maximum Gasteiger partial charge on any atom is 0.145 e. The molecule has 120 valence electrons. The summed E-state index contributed by atoms with van der Waals surface area (Å²) < 4.78 is 0. The van der Waals surface area contributed by atoms with E-state index in [9.17, 15) is 0 Å². The zero-order valence-electron chi connectivity index (χ0n) is 14.2. The zero-order valence-corrected chi connectivity index (χ0v) is 14.2. The number of nitrogens with two attached hydrogens (primary N) is 1. The Labute approximate surface area is 128 Å². The van der Waals surface area contributed by atoms with Crippen LogP contribution in [0.15, 0.2) is 6.07 Å². The third-order valence-corrected chi connectivity index (χ3v) is 3.37. The van der Waals surface area contributed by atoms with Gasteiger partial charge in [0.2, 0.25) is 0 Å². The number of hydrogen-bond donors (Lipinski definition) is 3. The van der Waals surface area contributed by atoms with E-state index in [-0.39, 0.29) is 5.41 Å². The quantitative estimate of drug-likeness (QED) is 0.528. The molecule has 1 heterocycles. The van der Waals surface area contributed by atoms with Crippen molar-refractivity contribution in [2.45, 2.75) is 53.0 Å². The minimum absolute atomic E-state index is 0.120. The van der Waals surface area contributed by atoms with Gasteiger partial charge in [-0.05, 0) is 20.0 Å². The number of nitrogens with one attached hydrogen (secondary N) is 2. The number of rotatable bonds is 7. The summed E-state index contributed by atoms with van der Waals surface area (Å²) in [7, 11) is 0. The van der Waals surface area contributed by atoms with Gasteiger partial charge in [-0.1, -0.05) is 34.6 Å². The number of nitrogens with zero attached hydrogens (tertiary/aromatic N) is 3. The van der Waals surface area contributed by atoms with E-state index in [0.29, 0.717) is 11.9 Å². The molecule has 1 unspecified atom stereocenters. The Bertz CT molecular complexity index is 436. The Morgan fingerprint density at radius 3 is 2.24 bits per heavy atom. The first-order valence-electron chi connectivity index (χ1n) is 7.65. The maximum absolute atomic E-state index is 5.51. The number of likely N-dealkylation sites (N-methyl/N-ethyl adjacent to an activating group) is 1. The highest BCUT2D eigenvalue weighted by molar-refractivity contribution is 5.48. The fourth-order valence-corrected chi connectivity index (χ4v) is 2.10. The van der Waals surface area contributed by atoms with Crippen molar-refractivity contribution in [3.05, 3.63) is 11.9 Å². The van der Waals surface area contributed by atoms with Crippen LogP contribution in [0.1, 0.15) is 47.4 Å². The molecule has 0 aliphatic heterocycles. The number of hydrogen-bond acceptors (Lipinski definition) is 6. The minimum atomic E-state index is -0.120. The third-order valence-electron chi connectivity index (χ3n) is 3.37. The lowest BCUT2D eigenvalue weighted by molar-refractivity contribution is 0.294. The lowest BCUT2D eigenvalue weighted by atomic mass is 9.96. The first-order chi connectivity index (χ1) is 9.79. The highest BCUT2D eigenvalue weighted by atomic mass is 15.3. The second-order valence-corrected chi connectivity index (χ2v) is 6.39. The fourth-order valence-electron chi connectivity index (χ4n) is 2.10. The number of aromatic nitrogens is 2. The normalized spacial score (nSPS) is 13.3. The van der Waals surface area contributed by atoms with Crippen molar-refractivity contribution in [2.24, 2.45) is 5.84 Å². The summed E-state index contributed by atoms with van der Waals surface area (Å²) >= 11 is 0. The Morgan fingerprint density at radius 1 is 1.19 bits per heavy atom. The first-order valence-corrected chi connectivity index (χ1v) is 7.65. The van der Waals surface area contributed by atoms with Crippen LogP contribution in [0, 0.1) is 0 Å². The lowest BCUT2D eigenvalue weighted by Crippen LogP contribution is -2.35.